The Bertz CT molecular complexity index is 1270. The molecule has 22 heteroatoms. The van der Waals surface area contributed by atoms with E-state index < -0.39 is 35.1 Å². The smallest absolute Gasteiger partial charge is 0.410 e. The Morgan fingerprint density at radius 3 is 1.53 bits per heavy atom. The number of nitrogens with one attached hydrogen (secondary N) is 2. The van der Waals surface area contributed by atoms with Gasteiger partial charge in [-0.25, -0.2) is 14.4 Å². The van der Waals surface area contributed by atoms with Crippen LogP contribution in [0.5, 0.6) is 0 Å². The molecule has 4 saturated heterocycles. The molecule has 6 N–H and O–H groups in total. The van der Waals surface area contributed by atoms with Gasteiger partial charge in [-0.2, -0.15) is 0 Å². The van der Waals surface area contributed by atoms with Crippen molar-refractivity contribution in [3.8, 4) is 0 Å². The minimum Gasteiger partial charge on any atom is -0.444 e. The van der Waals surface area contributed by atoms with Gasteiger partial charge in [-0.05, 0) is 94.5 Å². The molecule has 422 valence electrons. The van der Waals surface area contributed by atoms with Crippen LogP contribution in [0.1, 0.15) is 110 Å². The molecule has 4 atom stereocenters. The first-order valence-corrected chi connectivity index (χ1v) is 23.2. The summed E-state index contributed by atoms with van der Waals surface area (Å²) in [6.45, 7) is 28.6. The van der Waals surface area contributed by atoms with E-state index in [1.807, 2.05) is 74.5 Å². The summed E-state index contributed by atoms with van der Waals surface area (Å²) in [5, 5.41) is 43.4. The largest absolute Gasteiger partial charge is 0.444 e. The molecule has 4 fully saturated rings. The lowest BCUT2D eigenvalue weighted by Gasteiger charge is -2.30. The number of halogens is 2. The molecule has 0 spiro atoms. The highest BCUT2D eigenvalue weighted by atomic mass is 35.5. The number of aliphatic hydroxyl groups is 4. The first-order chi connectivity index (χ1) is 30.5. The Morgan fingerprint density at radius 1 is 0.486 bits per heavy atom. The highest BCUT2D eigenvalue weighted by Gasteiger charge is 2.26. The van der Waals surface area contributed by atoms with Gasteiger partial charge in [0.15, 0.2) is 0 Å². The quantitative estimate of drug-likeness (QED) is 0.134. The number of amides is 3. The van der Waals surface area contributed by atoms with Gasteiger partial charge in [0.2, 0.25) is 0 Å². The van der Waals surface area contributed by atoms with E-state index in [1.54, 1.807) is 9.80 Å². The molecular weight excluding hydrogens is 957 g/mol. The number of β-amino-alcohol motifs (C(OH)–C–C–N with tert-alkyl or cyclic N) is 2. The second-order valence-electron chi connectivity index (χ2n) is 19.0. The fourth-order valence-electron chi connectivity index (χ4n) is 5.69. The second kappa shape index (κ2) is 43.1. The van der Waals surface area contributed by atoms with Crippen LogP contribution >= 0.6 is 24.8 Å². The average Bonchev–Trinajstić information content (AvgIpc) is 3.13. The minimum atomic E-state index is -0.534. The Balaban J connectivity index is -0.000000251. The molecule has 0 radical (unpaired) electrons. The van der Waals surface area contributed by atoms with E-state index in [1.165, 1.54) is 4.90 Å². The minimum absolute atomic E-state index is 0. The van der Waals surface area contributed by atoms with Gasteiger partial charge in [0.1, 0.15) is 16.8 Å². The summed E-state index contributed by atoms with van der Waals surface area (Å²) < 4.78 is 41.7. The van der Waals surface area contributed by atoms with Crippen LogP contribution in [0, 0.1) is 0 Å². The first kappa shape index (κ1) is 76.6. The summed E-state index contributed by atoms with van der Waals surface area (Å²) >= 11 is 0. The third-order valence-electron chi connectivity index (χ3n) is 9.03. The molecule has 0 aromatic heterocycles. The normalized spacial score (nSPS) is 23.1. The van der Waals surface area contributed by atoms with Crippen LogP contribution < -0.4 is 10.6 Å². The molecule has 0 aromatic rings. The third-order valence-corrected chi connectivity index (χ3v) is 9.03. The lowest BCUT2D eigenvalue weighted by Crippen LogP contribution is -2.44. The molecule has 5 rings (SSSR count). The molecule has 0 saturated carbocycles. The third kappa shape index (κ3) is 44.4. The van der Waals surface area contributed by atoms with E-state index in [-0.39, 0.29) is 71.5 Å². The molecule has 20 nitrogen and oxygen atoms in total. The van der Waals surface area contributed by atoms with Gasteiger partial charge >= 0.3 is 18.3 Å². The lowest BCUT2D eigenvalue weighted by molar-refractivity contribution is -0.0156. The summed E-state index contributed by atoms with van der Waals surface area (Å²) in [5.41, 5.74) is -1.44. The number of hydrogen-bond acceptors (Lipinski definition) is 17. The fourth-order valence-corrected chi connectivity index (χ4v) is 5.69. The molecule has 3 amide bonds. The van der Waals surface area contributed by atoms with E-state index in [0.29, 0.717) is 112 Å². The monoisotopic (exact) mass is 1060 g/mol. The highest BCUT2D eigenvalue weighted by molar-refractivity contribution is 5.85. The Morgan fingerprint density at radius 2 is 0.929 bits per heavy atom. The predicted molar refractivity (Wildman–Crippen MR) is 280 cm³/mol. The molecular formula is C48H101Cl2N5O15. The number of nitrogens with zero attached hydrogens (tertiary/aromatic N) is 3. The summed E-state index contributed by atoms with van der Waals surface area (Å²) in [7, 11) is 0. The van der Waals surface area contributed by atoms with Crippen molar-refractivity contribution in [2.45, 2.75) is 151 Å². The topological polar surface area (TPSA) is 240 Å². The maximum absolute atomic E-state index is 11.8. The SMILES string of the molecule is C.C.C.CC(C)(C)OC(=O)N1C/C=C\COCC1.CC(C)(C)OC(=O)N1CCOCC(O)CC1.CC(C)(C)OC(=O)N1CCOCCC(O)C1.Cl.Cl.OC1CCNCCOC1.OC1CCOCCNC1. The van der Waals surface area contributed by atoms with Crippen molar-refractivity contribution >= 4 is 43.1 Å². The van der Waals surface area contributed by atoms with E-state index in [0.717, 1.165) is 45.7 Å². The van der Waals surface area contributed by atoms with Gasteiger partial charge < -0.3 is 83.7 Å². The van der Waals surface area contributed by atoms with E-state index >= 15 is 0 Å². The molecule has 4 unspecified atom stereocenters. The molecule has 70 heavy (non-hydrogen) atoms. The fraction of sp³-hybridized carbons (Fsp3) is 0.896. The molecule has 5 aliphatic heterocycles. The van der Waals surface area contributed by atoms with Gasteiger partial charge in [0.25, 0.3) is 0 Å². The molecule has 0 aromatic carbocycles. The van der Waals surface area contributed by atoms with E-state index in [9.17, 15) is 24.6 Å². The van der Waals surface area contributed by atoms with Gasteiger partial charge in [-0.3, -0.25) is 0 Å². The molecule has 0 bridgehead atoms. The zero-order valence-corrected chi connectivity index (χ0v) is 43.5. The Kier molecular flexibility index (Phi) is 47.2. The summed E-state index contributed by atoms with van der Waals surface area (Å²) in [4.78, 5) is 39.9. The Hall–Kier alpha value is -2.31. The zero-order chi connectivity index (χ0) is 48.7. The number of rotatable bonds is 0. The van der Waals surface area contributed by atoms with Crippen LogP contribution in [0.25, 0.3) is 0 Å². The van der Waals surface area contributed by atoms with Crippen molar-refractivity contribution in [2.75, 3.05) is 132 Å². The van der Waals surface area contributed by atoms with Crippen LogP contribution in [0.3, 0.4) is 0 Å². The summed E-state index contributed by atoms with van der Waals surface area (Å²) in [6, 6.07) is 0. The summed E-state index contributed by atoms with van der Waals surface area (Å²) in [6.07, 6.45) is 3.95. The van der Waals surface area contributed by atoms with Gasteiger partial charge in [-0.15, -0.1) is 24.8 Å². The van der Waals surface area contributed by atoms with E-state index in [2.05, 4.69) is 10.6 Å². The van der Waals surface area contributed by atoms with Crippen molar-refractivity contribution in [1.82, 2.24) is 25.3 Å². The first-order valence-electron chi connectivity index (χ1n) is 23.2. The van der Waals surface area contributed by atoms with Gasteiger partial charge in [-0.1, -0.05) is 34.4 Å². The maximum Gasteiger partial charge on any atom is 0.410 e. The predicted octanol–water partition coefficient (Wildman–Crippen LogP) is 5.29. The maximum atomic E-state index is 11.8. The second-order valence-corrected chi connectivity index (χ2v) is 19.0. The van der Waals surface area contributed by atoms with Crippen molar-refractivity contribution in [3.05, 3.63) is 12.2 Å². The summed E-state index contributed by atoms with van der Waals surface area (Å²) in [5.74, 6) is 0. The standard InChI is InChI=1S/2C11H21NO4.C11H19NO3.2C6H13NO2.3CH4.2ClH/c1-11(2,3)16-10(14)12-5-7-15-6-4-9(13)8-12;1-11(2,3)16-10(14)12-5-4-9(13)8-15-7-6-12;1-11(2,3)15-10(13)12-6-4-5-8-14-9-7-12;8-6-1-3-9-4-2-7-5-6;8-6-1-2-7-3-4-9-5-6;;;;;/h2*9,13H,4-8H2,1-3H3;4-5H,6-9H2,1-3H3;2*6-8H,1-5H2;3*1H4;2*1H/b;;5-4-;;;;;;;. The Labute approximate surface area is 434 Å². The van der Waals surface area contributed by atoms with Crippen LogP contribution in [-0.2, 0) is 37.9 Å². The van der Waals surface area contributed by atoms with Crippen LogP contribution in [0.15, 0.2) is 12.2 Å². The zero-order valence-electron chi connectivity index (χ0n) is 41.9. The molecule has 5 aliphatic rings. The number of carbonyl (C=O) groups is 3. The molecule has 0 aliphatic carbocycles. The highest BCUT2D eigenvalue weighted by Crippen LogP contribution is 2.14. The lowest BCUT2D eigenvalue weighted by atomic mass is 10.2. The van der Waals surface area contributed by atoms with Crippen molar-refractivity contribution < 1.29 is 72.7 Å². The van der Waals surface area contributed by atoms with Gasteiger partial charge in [0.05, 0.1) is 83.8 Å². The number of carbonyl (C=O) groups excluding carboxylic acids is 3. The van der Waals surface area contributed by atoms with Crippen LogP contribution in [0.4, 0.5) is 14.4 Å². The molecule has 5 heterocycles. The van der Waals surface area contributed by atoms with Crippen molar-refractivity contribution in [3.63, 3.8) is 0 Å². The van der Waals surface area contributed by atoms with Crippen LogP contribution in [-0.4, -0.2) is 226 Å². The number of aliphatic hydroxyl groups excluding tert-OH is 4. The van der Waals surface area contributed by atoms with Crippen molar-refractivity contribution in [1.29, 1.82) is 0 Å². The van der Waals surface area contributed by atoms with Crippen LogP contribution in [0.2, 0.25) is 0 Å². The van der Waals surface area contributed by atoms with E-state index in [4.69, 9.17) is 48.1 Å². The van der Waals surface area contributed by atoms with Crippen molar-refractivity contribution in [2.24, 2.45) is 0 Å². The van der Waals surface area contributed by atoms with Gasteiger partial charge in [0, 0.05) is 65.6 Å². The number of ether oxygens (including phenoxy) is 8. The number of hydrogen-bond donors (Lipinski definition) is 6. The average molecular weight is 1060 g/mol.